The predicted octanol–water partition coefficient (Wildman–Crippen LogP) is 2.20. The normalized spacial score (nSPS) is 10.8. The molecule has 0 fully saturated rings. The number of hydrogen-bond donors (Lipinski definition) is 3. The fraction of sp³-hybridized carbons (Fsp3) is 0.250. The van der Waals surface area contributed by atoms with Gasteiger partial charge in [0.25, 0.3) is 0 Å². The van der Waals surface area contributed by atoms with Crippen LogP contribution >= 0.6 is 0 Å². The Morgan fingerprint density at radius 2 is 2.19 bits per heavy atom. The van der Waals surface area contributed by atoms with Gasteiger partial charge >= 0.3 is 5.97 Å². The van der Waals surface area contributed by atoms with Crippen LogP contribution in [0.25, 0.3) is 10.9 Å². The fourth-order valence-electron chi connectivity index (χ4n) is 1.89. The van der Waals surface area contributed by atoms with Crippen LogP contribution in [-0.4, -0.2) is 21.2 Å². The predicted molar refractivity (Wildman–Crippen MR) is 60.7 cm³/mol. The summed E-state index contributed by atoms with van der Waals surface area (Å²) >= 11 is 0. The molecule has 0 spiro atoms. The highest BCUT2D eigenvalue weighted by molar-refractivity contribution is 5.85. The molecule has 0 bridgehead atoms. The summed E-state index contributed by atoms with van der Waals surface area (Å²) in [5, 5.41) is 18.9. The molecule has 0 aliphatic heterocycles. The highest BCUT2D eigenvalue weighted by Crippen LogP contribution is 2.25. The van der Waals surface area contributed by atoms with E-state index >= 15 is 0 Å². The van der Waals surface area contributed by atoms with Crippen LogP contribution in [0.4, 0.5) is 0 Å². The first-order valence-corrected chi connectivity index (χ1v) is 5.10. The van der Waals surface area contributed by atoms with Crippen LogP contribution in [0, 0.1) is 6.92 Å². The van der Waals surface area contributed by atoms with Crippen molar-refractivity contribution in [1.82, 2.24) is 4.98 Å². The van der Waals surface area contributed by atoms with Crippen molar-refractivity contribution in [1.29, 1.82) is 0 Å². The van der Waals surface area contributed by atoms with E-state index in [4.69, 9.17) is 5.11 Å². The highest BCUT2D eigenvalue weighted by Gasteiger charge is 2.07. The van der Waals surface area contributed by atoms with E-state index in [-0.39, 0.29) is 12.3 Å². The van der Waals surface area contributed by atoms with Gasteiger partial charge in [0.15, 0.2) is 5.88 Å². The Bertz CT molecular complexity index is 542. The summed E-state index contributed by atoms with van der Waals surface area (Å²) in [6.45, 7) is 1.94. The molecule has 84 valence electrons. The standard InChI is InChI=1S/C12H13NO3/c1-7-8(3-5-12(15)16)2-4-10-9(7)6-11(14)13-10/h2,4,6,13-14H,3,5H2,1H3,(H,15,16). The minimum Gasteiger partial charge on any atom is -0.495 e. The average Bonchev–Trinajstić information content (AvgIpc) is 2.58. The van der Waals surface area contributed by atoms with E-state index in [0.717, 1.165) is 22.0 Å². The van der Waals surface area contributed by atoms with E-state index in [9.17, 15) is 9.90 Å². The van der Waals surface area contributed by atoms with Gasteiger partial charge in [-0.05, 0) is 30.5 Å². The number of carboxylic acid groups (broad SMARTS) is 1. The number of carboxylic acids is 1. The molecule has 1 heterocycles. The molecule has 4 heteroatoms. The molecule has 1 aromatic heterocycles. The van der Waals surface area contributed by atoms with Gasteiger partial charge in [0.1, 0.15) is 0 Å². The van der Waals surface area contributed by atoms with Gasteiger partial charge < -0.3 is 15.2 Å². The van der Waals surface area contributed by atoms with Gasteiger partial charge in [-0.1, -0.05) is 6.07 Å². The Morgan fingerprint density at radius 1 is 1.44 bits per heavy atom. The van der Waals surface area contributed by atoms with Crippen LogP contribution in [0.3, 0.4) is 0 Å². The van der Waals surface area contributed by atoms with Gasteiger partial charge in [-0.3, -0.25) is 4.79 Å². The van der Waals surface area contributed by atoms with Gasteiger partial charge in [0.2, 0.25) is 0 Å². The first-order chi connectivity index (χ1) is 7.58. The third kappa shape index (κ3) is 1.86. The second kappa shape index (κ2) is 3.89. The molecule has 0 saturated heterocycles. The maximum atomic E-state index is 10.5. The topological polar surface area (TPSA) is 73.3 Å². The van der Waals surface area contributed by atoms with Crippen molar-refractivity contribution in [3.63, 3.8) is 0 Å². The highest BCUT2D eigenvalue weighted by atomic mass is 16.4. The summed E-state index contributed by atoms with van der Waals surface area (Å²) in [5.41, 5.74) is 2.90. The zero-order chi connectivity index (χ0) is 11.7. The number of hydrogen-bond acceptors (Lipinski definition) is 2. The molecule has 0 aliphatic carbocycles. The number of aryl methyl sites for hydroxylation is 2. The van der Waals surface area contributed by atoms with Gasteiger partial charge in [0, 0.05) is 23.4 Å². The summed E-state index contributed by atoms with van der Waals surface area (Å²) < 4.78 is 0. The number of aliphatic carboxylic acids is 1. The Balaban J connectivity index is 2.39. The second-order valence-corrected chi connectivity index (χ2v) is 3.86. The third-order valence-electron chi connectivity index (χ3n) is 2.78. The van der Waals surface area contributed by atoms with E-state index in [0.29, 0.717) is 6.42 Å². The number of aromatic amines is 1. The molecule has 3 N–H and O–H groups in total. The smallest absolute Gasteiger partial charge is 0.303 e. The lowest BCUT2D eigenvalue weighted by Gasteiger charge is -2.05. The largest absolute Gasteiger partial charge is 0.495 e. The molecule has 2 aromatic rings. The van der Waals surface area contributed by atoms with E-state index < -0.39 is 5.97 Å². The van der Waals surface area contributed by atoms with Crippen LogP contribution in [0.15, 0.2) is 18.2 Å². The molecular formula is C12H13NO3. The maximum Gasteiger partial charge on any atom is 0.303 e. The van der Waals surface area contributed by atoms with Crippen molar-refractivity contribution in [2.75, 3.05) is 0 Å². The Kier molecular flexibility index (Phi) is 2.56. The van der Waals surface area contributed by atoms with Crippen molar-refractivity contribution in [2.24, 2.45) is 0 Å². The van der Waals surface area contributed by atoms with Crippen LogP contribution in [0.2, 0.25) is 0 Å². The number of aromatic hydroxyl groups is 1. The quantitative estimate of drug-likeness (QED) is 0.740. The summed E-state index contributed by atoms with van der Waals surface area (Å²) in [6, 6.07) is 5.42. The zero-order valence-electron chi connectivity index (χ0n) is 8.95. The van der Waals surface area contributed by atoms with Crippen LogP contribution < -0.4 is 0 Å². The molecule has 2 rings (SSSR count). The second-order valence-electron chi connectivity index (χ2n) is 3.86. The van der Waals surface area contributed by atoms with Crippen molar-refractivity contribution in [3.8, 4) is 5.88 Å². The van der Waals surface area contributed by atoms with Gasteiger partial charge in [-0.2, -0.15) is 0 Å². The average molecular weight is 219 g/mol. The molecular weight excluding hydrogens is 206 g/mol. The maximum absolute atomic E-state index is 10.5. The zero-order valence-corrected chi connectivity index (χ0v) is 8.95. The summed E-state index contributed by atoms with van der Waals surface area (Å²) in [5.74, 6) is -0.662. The number of fused-ring (bicyclic) bond motifs is 1. The Morgan fingerprint density at radius 3 is 2.88 bits per heavy atom. The molecule has 0 saturated carbocycles. The lowest BCUT2D eigenvalue weighted by atomic mass is 10.0. The number of benzene rings is 1. The van der Waals surface area contributed by atoms with Crippen LogP contribution in [0.1, 0.15) is 17.5 Å². The molecule has 16 heavy (non-hydrogen) atoms. The molecule has 0 radical (unpaired) electrons. The molecule has 0 unspecified atom stereocenters. The Labute approximate surface area is 92.5 Å². The lowest BCUT2D eigenvalue weighted by Crippen LogP contribution is -1.99. The number of H-pyrrole nitrogens is 1. The monoisotopic (exact) mass is 219 g/mol. The van der Waals surface area contributed by atoms with Crippen LogP contribution in [0.5, 0.6) is 5.88 Å². The van der Waals surface area contributed by atoms with Crippen molar-refractivity contribution >= 4 is 16.9 Å². The first-order valence-electron chi connectivity index (χ1n) is 5.10. The van der Waals surface area contributed by atoms with Crippen molar-refractivity contribution < 1.29 is 15.0 Å². The van der Waals surface area contributed by atoms with Crippen molar-refractivity contribution in [3.05, 3.63) is 29.3 Å². The van der Waals surface area contributed by atoms with Gasteiger partial charge in [-0.25, -0.2) is 0 Å². The molecule has 0 atom stereocenters. The van der Waals surface area contributed by atoms with E-state index in [1.165, 1.54) is 0 Å². The van der Waals surface area contributed by atoms with Gasteiger partial charge in [-0.15, -0.1) is 0 Å². The molecule has 4 nitrogen and oxygen atoms in total. The van der Waals surface area contributed by atoms with E-state index in [1.54, 1.807) is 6.07 Å². The molecule has 0 aliphatic rings. The number of aromatic nitrogens is 1. The fourth-order valence-corrected chi connectivity index (χ4v) is 1.89. The Hall–Kier alpha value is -1.97. The molecule has 1 aromatic carbocycles. The van der Waals surface area contributed by atoms with E-state index in [2.05, 4.69) is 4.98 Å². The minimum absolute atomic E-state index is 0.128. The van der Waals surface area contributed by atoms with E-state index in [1.807, 2.05) is 19.1 Å². The summed E-state index contributed by atoms with van der Waals surface area (Å²) in [6.07, 6.45) is 0.645. The number of carbonyl (C=O) groups is 1. The van der Waals surface area contributed by atoms with Crippen LogP contribution in [-0.2, 0) is 11.2 Å². The minimum atomic E-state index is -0.795. The number of nitrogens with one attached hydrogen (secondary N) is 1. The summed E-state index contributed by atoms with van der Waals surface area (Å²) in [7, 11) is 0. The number of rotatable bonds is 3. The first kappa shape index (κ1) is 10.5. The van der Waals surface area contributed by atoms with Gasteiger partial charge in [0.05, 0.1) is 0 Å². The lowest BCUT2D eigenvalue weighted by molar-refractivity contribution is -0.136. The SMILES string of the molecule is Cc1c(CCC(=O)O)ccc2[nH]c(O)cc12. The summed E-state index contributed by atoms with van der Waals surface area (Å²) in [4.78, 5) is 13.3. The molecule has 0 amide bonds. The van der Waals surface area contributed by atoms with Crippen molar-refractivity contribution in [2.45, 2.75) is 19.8 Å². The third-order valence-corrected chi connectivity index (χ3v) is 2.78.